The van der Waals surface area contributed by atoms with E-state index in [9.17, 15) is 5.11 Å². The summed E-state index contributed by atoms with van der Waals surface area (Å²) in [7, 11) is 3.75. The van der Waals surface area contributed by atoms with E-state index in [2.05, 4.69) is 66.0 Å². The summed E-state index contributed by atoms with van der Waals surface area (Å²) in [6.07, 6.45) is 1.80. The molecular formula is C31H28N4O2. The van der Waals surface area contributed by atoms with E-state index in [1.165, 1.54) is 5.56 Å². The molecule has 5 aromatic rings. The molecule has 6 nitrogen and oxygen atoms in total. The van der Waals surface area contributed by atoms with E-state index >= 15 is 0 Å². The van der Waals surface area contributed by atoms with Gasteiger partial charge in [0.1, 0.15) is 22.8 Å². The van der Waals surface area contributed by atoms with Crippen molar-refractivity contribution in [3.05, 3.63) is 90.6 Å². The molecule has 0 spiro atoms. The molecule has 0 saturated carbocycles. The van der Waals surface area contributed by atoms with E-state index in [-0.39, 0.29) is 5.75 Å². The van der Waals surface area contributed by atoms with E-state index < -0.39 is 0 Å². The molecule has 0 bridgehead atoms. The van der Waals surface area contributed by atoms with Gasteiger partial charge in [0.05, 0.1) is 35.6 Å². The molecule has 6 rings (SSSR count). The third kappa shape index (κ3) is 3.73. The van der Waals surface area contributed by atoms with Crippen LogP contribution in [0.2, 0.25) is 0 Å². The summed E-state index contributed by atoms with van der Waals surface area (Å²) >= 11 is 0. The van der Waals surface area contributed by atoms with Crippen LogP contribution in [0.3, 0.4) is 0 Å². The van der Waals surface area contributed by atoms with E-state index in [0.29, 0.717) is 11.4 Å². The quantitative estimate of drug-likeness (QED) is 0.280. The SMILES string of the molecule is COc1ccc2c(c1)N(c1ccccn1)c1cc(-c3ccc4c(C(C)C)ccc(O)c4n3)ccc1N2C. The van der Waals surface area contributed by atoms with Crippen molar-refractivity contribution in [2.45, 2.75) is 19.8 Å². The molecule has 0 saturated heterocycles. The maximum Gasteiger partial charge on any atom is 0.141 e. The molecule has 0 unspecified atom stereocenters. The van der Waals surface area contributed by atoms with Crippen LogP contribution in [-0.2, 0) is 0 Å². The standard InChI is InChI=1S/C31H28N4O2/c1-19(2)22-11-15-29(36)31-23(22)10-12-24(33-31)20-8-13-25-27(17-20)35(30-7-5-6-16-32-30)28-18-21(37-4)9-14-26(28)34(25)3/h5-19,36H,1-4H3. The first kappa shape index (κ1) is 22.9. The molecule has 184 valence electrons. The second-order valence-corrected chi connectivity index (χ2v) is 9.56. The molecule has 3 aromatic carbocycles. The Morgan fingerprint density at radius 1 is 0.838 bits per heavy atom. The van der Waals surface area contributed by atoms with Gasteiger partial charge in [0.25, 0.3) is 0 Å². The van der Waals surface area contributed by atoms with Crippen molar-refractivity contribution in [1.29, 1.82) is 0 Å². The topological polar surface area (TPSA) is 61.7 Å². The highest BCUT2D eigenvalue weighted by atomic mass is 16.5. The average Bonchev–Trinajstić information content (AvgIpc) is 2.93. The Balaban J connectivity index is 1.55. The van der Waals surface area contributed by atoms with Gasteiger partial charge < -0.3 is 14.7 Å². The summed E-state index contributed by atoms with van der Waals surface area (Å²) in [5.74, 6) is 2.11. The van der Waals surface area contributed by atoms with Crippen molar-refractivity contribution < 1.29 is 9.84 Å². The van der Waals surface area contributed by atoms with Gasteiger partial charge in [0.15, 0.2) is 0 Å². The number of anilines is 5. The molecule has 1 aliphatic heterocycles. The highest BCUT2D eigenvalue weighted by Crippen LogP contribution is 2.52. The third-order valence-corrected chi connectivity index (χ3v) is 7.03. The normalized spacial score (nSPS) is 12.6. The maximum absolute atomic E-state index is 10.6. The zero-order valence-electron chi connectivity index (χ0n) is 21.3. The summed E-state index contributed by atoms with van der Waals surface area (Å²) < 4.78 is 5.56. The first-order chi connectivity index (χ1) is 18.0. The minimum Gasteiger partial charge on any atom is -0.506 e. The van der Waals surface area contributed by atoms with Crippen molar-refractivity contribution in [3.8, 4) is 22.8 Å². The molecule has 0 fully saturated rings. The van der Waals surface area contributed by atoms with Gasteiger partial charge in [-0.05, 0) is 60.0 Å². The van der Waals surface area contributed by atoms with Crippen LogP contribution in [-0.4, -0.2) is 29.2 Å². The Bertz CT molecular complexity index is 1630. The molecule has 0 amide bonds. The van der Waals surface area contributed by atoms with Crippen LogP contribution in [0, 0.1) is 0 Å². The summed E-state index contributed by atoms with van der Waals surface area (Å²) in [4.78, 5) is 13.9. The zero-order chi connectivity index (χ0) is 25.7. The van der Waals surface area contributed by atoms with Crippen LogP contribution in [0.25, 0.3) is 22.2 Å². The van der Waals surface area contributed by atoms with Crippen LogP contribution >= 0.6 is 0 Å². The molecule has 1 aliphatic rings. The number of aromatic hydroxyl groups is 1. The van der Waals surface area contributed by atoms with Crippen LogP contribution < -0.4 is 14.5 Å². The predicted molar refractivity (Wildman–Crippen MR) is 150 cm³/mol. The molecule has 0 aliphatic carbocycles. The average molecular weight is 489 g/mol. The number of nitrogens with zero attached hydrogens (tertiary/aromatic N) is 4. The van der Waals surface area contributed by atoms with Crippen molar-refractivity contribution in [3.63, 3.8) is 0 Å². The van der Waals surface area contributed by atoms with Crippen molar-refractivity contribution in [2.24, 2.45) is 0 Å². The Labute approximate surface area is 216 Å². The van der Waals surface area contributed by atoms with Crippen LogP contribution in [0.5, 0.6) is 11.5 Å². The van der Waals surface area contributed by atoms with Gasteiger partial charge in [0, 0.05) is 30.3 Å². The van der Waals surface area contributed by atoms with Gasteiger partial charge >= 0.3 is 0 Å². The number of rotatable bonds is 4. The fourth-order valence-electron chi connectivity index (χ4n) is 5.12. The Morgan fingerprint density at radius 2 is 1.62 bits per heavy atom. The van der Waals surface area contributed by atoms with Gasteiger partial charge in [-0.25, -0.2) is 9.97 Å². The Hall–Kier alpha value is -4.58. The number of phenols is 1. The Morgan fingerprint density at radius 3 is 2.35 bits per heavy atom. The van der Waals surface area contributed by atoms with Gasteiger partial charge in [-0.2, -0.15) is 0 Å². The number of aromatic nitrogens is 2. The lowest BCUT2D eigenvalue weighted by molar-refractivity contribution is 0.415. The highest BCUT2D eigenvalue weighted by Gasteiger charge is 2.29. The molecule has 1 N–H and O–H groups in total. The van der Waals surface area contributed by atoms with Crippen molar-refractivity contribution in [1.82, 2.24) is 9.97 Å². The molecule has 37 heavy (non-hydrogen) atoms. The molecule has 2 aromatic heterocycles. The second kappa shape index (κ2) is 8.82. The number of fused-ring (bicyclic) bond motifs is 3. The van der Waals surface area contributed by atoms with E-state index in [4.69, 9.17) is 9.72 Å². The predicted octanol–water partition coefficient (Wildman–Crippen LogP) is 7.69. The number of ether oxygens (including phenoxy) is 1. The molecule has 6 heteroatoms. The summed E-state index contributed by atoms with van der Waals surface area (Å²) in [5, 5.41) is 11.6. The maximum atomic E-state index is 10.6. The van der Waals surface area contributed by atoms with Crippen molar-refractivity contribution >= 4 is 39.5 Å². The number of hydrogen-bond donors (Lipinski definition) is 1. The summed E-state index contributed by atoms with van der Waals surface area (Å²) in [6, 6.07) is 26.1. The van der Waals surface area contributed by atoms with Gasteiger partial charge in [0.2, 0.25) is 0 Å². The van der Waals surface area contributed by atoms with Gasteiger partial charge in [-0.15, -0.1) is 0 Å². The van der Waals surface area contributed by atoms with Gasteiger partial charge in [-0.3, -0.25) is 4.90 Å². The smallest absolute Gasteiger partial charge is 0.141 e. The number of hydrogen-bond acceptors (Lipinski definition) is 6. The lowest BCUT2D eigenvalue weighted by Crippen LogP contribution is -2.24. The summed E-state index contributed by atoms with van der Waals surface area (Å²) in [6.45, 7) is 4.30. The first-order valence-electron chi connectivity index (χ1n) is 12.4. The second-order valence-electron chi connectivity index (χ2n) is 9.56. The largest absolute Gasteiger partial charge is 0.506 e. The lowest BCUT2D eigenvalue weighted by Gasteiger charge is -2.38. The fraction of sp³-hybridized carbons (Fsp3) is 0.161. The minimum atomic E-state index is 0.190. The molecule has 0 radical (unpaired) electrons. The van der Waals surface area contributed by atoms with E-state index in [1.54, 1.807) is 19.4 Å². The van der Waals surface area contributed by atoms with Crippen LogP contribution in [0.4, 0.5) is 28.6 Å². The first-order valence-corrected chi connectivity index (χ1v) is 12.4. The monoisotopic (exact) mass is 488 g/mol. The van der Waals surface area contributed by atoms with E-state index in [0.717, 1.165) is 51.0 Å². The lowest BCUT2D eigenvalue weighted by atomic mass is 9.97. The highest BCUT2D eigenvalue weighted by molar-refractivity contribution is 5.99. The number of pyridine rings is 2. The zero-order valence-corrected chi connectivity index (χ0v) is 21.3. The number of phenolic OH excluding ortho intramolecular Hbond substituents is 1. The third-order valence-electron chi connectivity index (χ3n) is 7.03. The van der Waals surface area contributed by atoms with Crippen LogP contribution in [0.15, 0.2) is 85.1 Å². The summed E-state index contributed by atoms with van der Waals surface area (Å²) in [5.41, 5.74) is 7.63. The number of benzene rings is 3. The number of methoxy groups -OCH3 is 1. The molecular weight excluding hydrogens is 460 g/mol. The van der Waals surface area contributed by atoms with E-state index in [1.807, 2.05) is 42.5 Å². The fourth-order valence-corrected chi connectivity index (χ4v) is 5.12. The van der Waals surface area contributed by atoms with Gasteiger partial charge in [-0.1, -0.05) is 38.1 Å². The van der Waals surface area contributed by atoms with Crippen LogP contribution in [0.1, 0.15) is 25.3 Å². The van der Waals surface area contributed by atoms with Crippen molar-refractivity contribution in [2.75, 3.05) is 24.0 Å². The molecule has 3 heterocycles. The Kier molecular flexibility index (Phi) is 5.45. The minimum absolute atomic E-state index is 0.190. The molecule has 0 atom stereocenters.